The first-order chi connectivity index (χ1) is 14.2. The highest BCUT2D eigenvalue weighted by Gasteiger charge is 2.43. The predicted octanol–water partition coefficient (Wildman–Crippen LogP) is 1.99. The van der Waals surface area contributed by atoms with Crippen molar-refractivity contribution in [2.24, 2.45) is 5.41 Å². The molecule has 1 aromatic carbocycles. The number of carbonyl (C=O) groups is 2. The van der Waals surface area contributed by atoms with Gasteiger partial charge in [0, 0.05) is 26.2 Å². The van der Waals surface area contributed by atoms with Crippen molar-refractivity contribution in [1.29, 1.82) is 0 Å². The summed E-state index contributed by atoms with van der Waals surface area (Å²) in [5, 5.41) is 10.5. The minimum atomic E-state index is -5.08. The van der Waals surface area contributed by atoms with E-state index in [-0.39, 0.29) is 12.0 Å². The normalized spacial score (nSPS) is 25.6. The molecule has 2 atom stereocenters. The van der Waals surface area contributed by atoms with Crippen LogP contribution >= 0.6 is 0 Å². The van der Waals surface area contributed by atoms with Crippen LogP contribution < -0.4 is 5.32 Å². The van der Waals surface area contributed by atoms with E-state index in [0.29, 0.717) is 18.6 Å². The zero-order valence-corrected chi connectivity index (χ0v) is 16.4. The number of halogens is 3. The molecule has 2 N–H and O–H groups in total. The highest BCUT2D eigenvalue weighted by atomic mass is 19.4. The molecular formula is C20H25F3N2O5. The molecule has 3 heterocycles. The summed E-state index contributed by atoms with van der Waals surface area (Å²) in [6.45, 7) is 4.90. The minimum absolute atomic E-state index is 0.0840. The number of piperidine rings is 1. The molecule has 4 rings (SSSR count). The summed E-state index contributed by atoms with van der Waals surface area (Å²) in [5.41, 5.74) is 1.46. The number of carboxylic acid groups (broad SMARTS) is 1. The zero-order valence-electron chi connectivity index (χ0n) is 16.4. The second kappa shape index (κ2) is 9.32. The van der Waals surface area contributed by atoms with Gasteiger partial charge in [0.2, 0.25) is 0 Å². The van der Waals surface area contributed by atoms with Gasteiger partial charge in [-0.05, 0) is 23.8 Å². The average Bonchev–Trinajstić information content (AvgIpc) is 2.72. The van der Waals surface area contributed by atoms with Crippen molar-refractivity contribution >= 4 is 11.9 Å². The van der Waals surface area contributed by atoms with E-state index in [1.54, 1.807) is 0 Å². The number of nitrogens with one attached hydrogen (secondary N) is 1. The van der Waals surface area contributed by atoms with Crippen molar-refractivity contribution in [3.8, 4) is 0 Å². The Hall–Kier alpha value is -2.17. The molecule has 10 heteroatoms. The average molecular weight is 430 g/mol. The van der Waals surface area contributed by atoms with Crippen LogP contribution in [0.25, 0.3) is 0 Å². The topological polar surface area (TPSA) is 88.1 Å². The standard InChI is InChI=1S/C18H24N2O3.C2HF3O2/c21-17(20-8-6-18(7-9-20)12-19-13-18)16-15(22-10-11-23-16)14-4-2-1-3-5-14;3-2(4,5)1(6)7/h1-5,15-16,19H,6-13H2;(H,6,7)/t15-,16-;/m1./s1. The molecule has 3 saturated heterocycles. The van der Waals surface area contributed by atoms with Crippen molar-refractivity contribution in [2.45, 2.75) is 31.2 Å². The molecule has 7 nitrogen and oxygen atoms in total. The van der Waals surface area contributed by atoms with E-state index >= 15 is 0 Å². The molecule has 0 aliphatic carbocycles. The van der Waals surface area contributed by atoms with Gasteiger partial charge in [-0.2, -0.15) is 13.2 Å². The monoisotopic (exact) mass is 430 g/mol. The fourth-order valence-electron chi connectivity index (χ4n) is 3.85. The van der Waals surface area contributed by atoms with E-state index in [2.05, 4.69) is 5.32 Å². The maximum atomic E-state index is 13.0. The Balaban J connectivity index is 0.000000318. The van der Waals surface area contributed by atoms with Crippen molar-refractivity contribution < 1.29 is 37.3 Å². The number of benzene rings is 1. The molecule has 3 aliphatic heterocycles. The van der Waals surface area contributed by atoms with Crippen LogP contribution in [0.2, 0.25) is 0 Å². The summed E-state index contributed by atoms with van der Waals surface area (Å²) < 4.78 is 43.4. The molecule has 0 radical (unpaired) electrons. The van der Waals surface area contributed by atoms with Crippen molar-refractivity contribution in [3.63, 3.8) is 0 Å². The Kier molecular flexibility index (Phi) is 6.99. The SMILES string of the molecule is O=C(O)C(F)(F)F.O=C([C@@H]1OCCO[C@@H]1c1ccccc1)N1CCC2(CC1)CNC2. The van der Waals surface area contributed by atoms with Gasteiger partial charge in [0.1, 0.15) is 6.10 Å². The fraction of sp³-hybridized carbons (Fsp3) is 0.600. The number of ether oxygens (including phenoxy) is 2. The van der Waals surface area contributed by atoms with Crippen LogP contribution in [0.5, 0.6) is 0 Å². The number of carbonyl (C=O) groups excluding carboxylic acids is 1. The zero-order chi connectivity index (χ0) is 21.8. The van der Waals surface area contributed by atoms with Gasteiger partial charge in [-0.25, -0.2) is 4.79 Å². The van der Waals surface area contributed by atoms with Crippen LogP contribution in [0.4, 0.5) is 13.2 Å². The van der Waals surface area contributed by atoms with Crippen molar-refractivity contribution in [3.05, 3.63) is 35.9 Å². The Labute approximate surface area is 172 Å². The molecule has 1 spiro atoms. The fourth-order valence-corrected chi connectivity index (χ4v) is 3.85. The van der Waals surface area contributed by atoms with Crippen LogP contribution in [0.15, 0.2) is 30.3 Å². The Morgan fingerprint density at radius 3 is 2.13 bits per heavy atom. The molecule has 0 unspecified atom stereocenters. The maximum absolute atomic E-state index is 13.0. The number of hydrogen-bond acceptors (Lipinski definition) is 5. The van der Waals surface area contributed by atoms with Gasteiger partial charge in [-0.15, -0.1) is 0 Å². The van der Waals surface area contributed by atoms with Crippen LogP contribution in [0.1, 0.15) is 24.5 Å². The number of aliphatic carboxylic acids is 1. The number of carboxylic acids is 1. The third-order valence-corrected chi connectivity index (χ3v) is 5.70. The number of amides is 1. The molecule has 3 fully saturated rings. The summed E-state index contributed by atoms with van der Waals surface area (Å²) in [6.07, 6.45) is -3.71. The first-order valence-corrected chi connectivity index (χ1v) is 9.80. The number of rotatable bonds is 2. The number of alkyl halides is 3. The molecule has 0 aromatic heterocycles. The largest absolute Gasteiger partial charge is 0.490 e. The van der Waals surface area contributed by atoms with E-state index in [9.17, 15) is 18.0 Å². The van der Waals surface area contributed by atoms with Crippen molar-refractivity contribution in [2.75, 3.05) is 39.4 Å². The second-order valence-electron chi connectivity index (χ2n) is 7.73. The maximum Gasteiger partial charge on any atom is 0.490 e. The van der Waals surface area contributed by atoms with Gasteiger partial charge in [0.05, 0.1) is 13.2 Å². The molecule has 1 amide bonds. The molecule has 166 valence electrons. The number of hydrogen-bond donors (Lipinski definition) is 2. The lowest BCUT2D eigenvalue weighted by Crippen LogP contribution is -2.60. The Morgan fingerprint density at radius 1 is 1.07 bits per heavy atom. The predicted molar refractivity (Wildman–Crippen MR) is 99.7 cm³/mol. The molecule has 30 heavy (non-hydrogen) atoms. The van der Waals surface area contributed by atoms with Gasteiger partial charge in [-0.1, -0.05) is 30.3 Å². The lowest BCUT2D eigenvalue weighted by molar-refractivity contribution is -0.192. The summed E-state index contributed by atoms with van der Waals surface area (Å²) in [7, 11) is 0. The highest BCUT2D eigenvalue weighted by Crippen LogP contribution is 2.36. The first-order valence-electron chi connectivity index (χ1n) is 9.80. The van der Waals surface area contributed by atoms with Crippen LogP contribution in [0.3, 0.4) is 0 Å². The number of nitrogens with zero attached hydrogens (tertiary/aromatic N) is 1. The molecular weight excluding hydrogens is 405 g/mol. The van der Waals surface area contributed by atoms with Gasteiger partial charge < -0.3 is 24.8 Å². The van der Waals surface area contributed by atoms with Gasteiger partial charge in [0.25, 0.3) is 5.91 Å². The molecule has 1 aromatic rings. The molecule has 3 aliphatic rings. The Bertz CT molecular complexity index is 730. The van der Waals surface area contributed by atoms with E-state index in [4.69, 9.17) is 19.4 Å². The Morgan fingerprint density at radius 2 is 1.63 bits per heavy atom. The summed E-state index contributed by atoms with van der Waals surface area (Å²) in [6, 6.07) is 9.93. The van der Waals surface area contributed by atoms with E-state index in [1.807, 2.05) is 35.2 Å². The van der Waals surface area contributed by atoms with Gasteiger partial charge in [0.15, 0.2) is 6.10 Å². The second-order valence-corrected chi connectivity index (χ2v) is 7.73. The van der Waals surface area contributed by atoms with Gasteiger partial charge >= 0.3 is 12.1 Å². The summed E-state index contributed by atoms with van der Waals surface area (Å²) >= 11 is 0. The molecule has 0 saturated carbocycles. The van der Waals surface area contributed by atoms with Crippen molar-refractivity contribution in [1.82, 2.24) is 10.2 Å². The highest BCUT2D eigenvalue weighted by molar-refractivity contribution is 5.82. The van der Waals surface area contributed by atoms with E-state index in [1.165, 1.54) is 0 Å². The third-order valence-electron chi connectivity index (χ3n) is 5.70. The summed E-state index contributed by atoms with van der Waals surface area (Å²) in [5.74, 6) is -2.67. The van der Waals surface area contributed by atoms with Gasteiger partial charge in [-0.3, -0.25) is 4.79 Å². The molecule has 0 bridgehead atoms. The number of likely N-dealkylation sites (tertiary alicyclic amines) is 1. The van der Waals surface area contributed by atoms with E-state index in [0.717, 1.165) is 44.6 Å². The van der Waals surface area contributed by atoms with E-state index < -0.39 is 18.2 Å². The van der Waals surface area contributed by atoms with Crippen LogP contribution in [-0.2, 0) is 19.1 Å². The lowest BCUT2D eigenvalue weighted by Gasteiger charge is -2.49. The quantitative estimate of drug-likeness (QED) is 0.746. The third kappa shape index (κ3) is 5.30. The lowest BCUT2D eigenvalue weighted by atomic mass is 9.73. The van der Waals surface area contributed by atoms with Crippen LogP contribution in [-0.4, -0.2) is 73.6 Å². The first kappa shape index (κ1) is 22.5. The van der Waals surface area contributed by atoms with Crippen LogP contribution in [0, 0.1) is 5.41 Å². The minimum Gasteiger partial charge on any atom is -0.475 e. The smallest absolute Gasteiger partial charge is 0.475 e. The summed E-state index contributed by atoms with van der Waals surface area (Å²) in [4.78, 5) is 23.8.